The summed E-state index contributed by atoms with van der Waals surface area (Å²) in [6.07, 6.45) is 2.52. The van der Waals surface area contributed by atoms with Gasteiger partial charge in [-0.2, -0.15) is 0 Å². The van der Waals surface area contributed by atoms with Gasteiger partial charge in [-0.05, 0) is 51.2 Å². The molecule has 0 amide bonds. The molecule has 1 rings (SSSR count). The molecule has 0 saturated heterocycles. The largest absolute Gasteiger partial charge is 0.308 e. The topological polar surface area (TPSA) is 12.0 Å². The second kappa shape index (κ2) is 6.94. The molecule has 0 bridgehead atoms. The maximum Gasteiger partial charge on any atom is 0.0296 e. The summed E-state index contributed by atoms with van der Waals surface area (Å²) in [5.74, 6) is 0.804. The van der Waals surface area contributed by atoms with E-state index in [-0.39, 0.29) is 0 Å². The Hall–Kier alpha value is -0.820. The monoisotopic (exact) mass is 247 g/mol. The summed E-state index contributed by atoms with van der Waals surface area (Å²) in [7, 11) is 0. The Bertz CT molecular complexity index is 370. The van der Waals surface area contributed by atoms with Gasteiger partial charge in [0.25, 0.3) is 0 Å². The lowest BCUT2D eigenvalue weighted by atomic mass is 9.97. The first kappa shape index (κ1) is 15.2. The molecule has 3 atom stereocenters. The lowest BCUT2D eigenvalue weighted by Crippen LogP contribution is -2.30. The van der Waals surface area contributed by atoms with Crippen LogP contribution in [0.3, 0.4) is 0 Å². The Balaban J connectivity index is 2.61. The van der Waals surface area contributed by atoms with Crippen molar-refractivity contribution in [3.63, 3.8) is 0 Å². The summed E-state index contributed by atoms with van der Waals surface area (Å²) in [6, 6.07) is 7.76. The summed E-state index contributed by atoms with van der Waals surface area (Å²) in [4.78, 5) is 0. The van der Waals surface area contributed by atoms with Gasteiger partial charge in [-0.15, -0.1) is 0 Å². The SMILES string of the molecule is CCC(C)CC(C)NC(C)c1ccc(C)cc1C. The molecule has 0 aliphatic rings. The van der Waals surface area contributed by atoms with Crippen molar-refractivity contribution in [2.75, 3.05) is 0 Å². The summed E-state index contributed by atoms with van der Waals surface area (Å²) in [6.45, 7) is 13.5. The highest BCUT2D eigenvalue weighted by molar-refractivity contribution is 5.32. The first-order chi connectivity index (χ1) is 8.43. The third kappa shape index (κ3) is 4.45. The fraction of sp³-hybridized carbons (Fsp3) is 0.647. The predicted octanol–water partition coefficient (Wildman–Crippen LogP) is 4.78. The van der Waals surface area contributed by atoms with E-state index in [4.69, 9.17) is 0 Å². The minimum atomic E-state index is 0.435. The number of nitrogens with one attached hydrogen (secondary N) is 1. The number of aryl methyl sites for hydroxylation is 2. The second-order valence-corrected chi connectivity index (χ2v) is 5.90. The van der Waals surface area contributed by atoms with E-state index >= 15 is 0 Å². The smallest absolute Gasteiger partial charge is 0.0296 e. The minimum absolute atomic E-state index is 0.435. The standard InChI is InChI=1S/C17H29N/c1-7-12(2)11-15(5)18-16(6)17-9-8-13(3)10-14(17)4/h8-10,12,15-16,18H,7,11H2,1-6H3. The van der Waals surface area contributed by atoms with Gasteiger partial charge < -0.3 is 5.32 Å². The predicted molar refractivity (Wildman–Crippen MR) is 81.0 cm³/mol. The van der Waals surface area contributed by atoms with Gasteiger partial charge in [0, 0.05) is 12.1 Å². The van der Waals surface area contributed by atoms with Crippen molar-refractivity contribution >= 4 is 0 Å². The fourth-order valence-electron chi connectivity index (χ4n) is 2.67. The number of rotatable bonds is 6. The first-order valence-corrected chi connectivity index (χ1v) is 7.27. The molecule has 0 aliphatic heterocycles. The van der Waals surface area contributed by atoms with Gasteiger partial charge >= 0.3 is 0 Å². The highest BCUT2D eigenvalue weighted by atomic mass is 14.9. The molecule has 1 aromatic rings. The zero-order valence-electron chi connectivity index (χ0n) is 12.9. The van der Waals surface area contributed by atoms with Crippen LogP contribution in [0.5, 0.6) is 0 Å². The van der Waals surface area contributed by atoms with E-state index in [1.165, 1.54) is 29.5 Å². The van der Waals surface area contributed by atoms with Gasteiger partial charge in [-0.1, -0.05) is 44.0 Å². The molecule has 1 nitrogen and oxygen atoms in total. The molecular formula is C17H29N. The zero-order valence-corrected chi connectivity index (χ0v) is 12.9. The Morgan fingerprint density at radius 2 is 1.78 bits per heavy atom. The minimum Gasteiger partial charge on any atom is -0.308 e. The van der Waals surface area contributed by atoms with Gasteiger partial charge in [0.15, 0.2) is 0 Å². The van der Waals surface area contributed by atoms with Crippen LogP contribution < -0.4 is 5.32 Å². The molecule has 102 valence electrons. The first-order valence-electron chi connectivity index (χ1n) is 7.27. The van der Waals surface area contributed by atoms with E-state index in [2.05, 4.69) is 65.1 Å². The van der Waals surface area contributed by atoms with Crippen molar-refractivity contribution in [2.24, 2.45) is 5.92 Å². The molecule has 0 heterocycles. The molecule has 1 N–H and O–H groups in total. The van der Waals surface area contributed by atoms with Crippen LogP contribution in [0.25, 0.3) is 0 Å². The van der Waals surface area contributed by atoms with Crippen LogP contribution in [0.4, 0.5) is 0 Å². The van der Waals surface area contributed by atoms with Crippen LogP contribution in [-0.2, 0) is 0 Å². The van der Waals surface area contributed by atoms with E-state index in [1.807, 2.05) is 0 Å². The third-order valence-corrected chi connectivity index (χ3v) is 3.88. The van der Waals surface area contributed by atoms with Crippen LogP contribution in [-0.4, -0.2) is 6.04 Å². The molecule has 0 saturated carbocycles. The number of hydrogen-bond donors (Lipinski definition) is 1. The average molecular weight is 247 g/mol. The molecule has 0 radical (unpaired) electrons. The quantitative estimate of drug-likeness (QED) is 0.763. The van der Waals surface area contributed by atoms with Gasteiger partial charge in [0.05, 0.1) is 0 Å². The highest BCUT2D eigenvalue weighted by Crippen LogP contribution is 2.20. The summed E-state index contributed by atoms with van der Waals surface area (Å²) < 4.78 is 0. The molecule has 0 spiro atoms. The molecule has 3 unspecified atom stereocenters. The number of hydrogen-bond acceptors (Lipinski definition) is 1. The normalized spacial score (nSPS) is 16.3. The van der Waals surface area contributed by atoms with Crippen molar-refractivity contribution in [2.45, 2.75) is 66.5 Å². The van der Waals surface area contributed by atoms with E-state index in [0.29, 0.717) is 12.1 Å². The van der Waals surface area contributed by atoms with Crippen LogP contribution in [0.1, 0.15) is 63.3 Å². The Morgan fingerprint density at radius 1 is 1.11 bits per heavy atom. The van der Waals surface area contributed by atoms with E-state index < -0.39 is 0 Å². The van der Waals surface area contributed by atoms with E-state index in [1.54, 1.807) is 0 Å². The molecule has 1 heteroatoms. The Morgan fingerprint density at radius 3 is 2.33 bits per heavy atom. The van der Waals surface area contributed by atoms with Crippen LogP contribution >= 0.6 is 0 Å². The molecule has 0 aromatic heterocycles. The third-order valence-electron chi connectivity index (χ3n) is 3.88. The highest BCUT2D eigenvalue weighted by Gasteiger charge is 2.13. The molecule has 1 aromatic carbocycles. The zero-order chi connectivity index (χ0) is 13.7. The van der Waals surface area contributed by atoms with Gasteiger partial charge in [-0.25, -0.2) is 0 Å². The van der Waals surface area contributed by atoms with Crippen LogP contribution in [0.2, 0.25) is 0 Å². The summed E-state index contributed by atoms with van der Waals surface area (Å²) in [5.41, 5.74) is 4.17. The second-order valence-electron chi connectivity index (χ2n) is 5.90. The van der Waals surface area contributed by atoms with Crippen LogP contribution in [0.15, 0.2) is 18.2 Å². The van der Waals surface area contributed by atoms with Crippen molar-refractivity contribution in [3.8, 4) is 0 Å². The molecule has 0 aliphatic carbocycles. The number of benzene rings is 1. The average Bonchev–Trinajstić information content (AvgIpc) is 2.28. The van der Waals surface area contributed by atoms with Gasteiger partial charge in [-0.3, -0.25) is 0 Å². The fourth-order valence-corrected chi connectivity index (χ4v) is 2.67. The van der Waals surface area contributed by atoms with E-state index in [0.717, 1.165) is 5.92 Å². The molecular weight excluding hydrogens is 218 g/mol. The van der Waals surface area contributed by atoms with Crippen molar-refractivity contribution < 1.29 is 0 Å². The Labute approximate surface area is 113 Å². The molecule has 18 heavy (non-hydrogen) atoms. The Kier molecular flexibility index (Phi) is 5.87. The maximum absolute atomic E-state index is 3.72. The van der Waals surface area contributed by atoms with Crippen molar-refractivity contribution in [3.05, 3.63) is 34.9 Å². The van der Waals surface area contributed by atoms with Crippen LogP contribution in [0, 0.1) is 19.8 Å². The molecule has 0 fully saturated rings. The summed E-state index contributed by atoms with van der Waals surface area (Å²) in [5, 5.41) is 3.72. The lowest BCUT2D eigenvalue weighted by Gasteiger charge is -2.24. The summed E-state index contributed by atoms with van der Waals surface area (Å²) >= 11 is 0. The van der Waals surface area contributed by atoms with Crippen molar-refractivity contribution in [1.82, 2.24) is 5.32 Å². The van der Waals surface area contributed by atoms with E-state index in [9.17, 15) is 0 Å². The van der Waals surface area contributed by atoms with Gasteiger partial charge in [0.1, 0.15) is 0 Å². The maximum atomic E-state index is 3.72. The lowest BCUT2D eigenvalue weighted by molar-refractivity contribution is 0.385. The van der Waals surface area contributed by atoms with Crippen molar-refractivity contribution in [1.29, 1.82) is 0 Å². The van der Waals surface area contributed by atoms with Gasteiger partial charge in [0.2, 0.25) is 0 Å².